The third-order valence-electron chi connectivity index (χ3n) is 2.15. The van der Waals surface area contributed by atoms with E-state index in [0.717, 1.165) is 5.69 Å². The van der Waals surface area contributed by atoms with Gasteiger partial charge < -0.3 is 5.11 Å². The van der Waals surface area contributed by atoms with Crippen molar-refractivity contribution in [3.05, 3.63) is 11.1 Å². The van der Waals surface area contributed by atoms with Gasteiger partial charge in [-0.15, -0.1) is 11.3 Å². The Labute approximate surface area is 114 Å². The number of imide groups is 1. The van der Waals surface area contributed by atoms with E-state index in [1.54, 1.807) is 19.2 Å². The van der Waals surface area contributed by atoms with Gasteiger partial charge in [0.1, 0.15) is 0 Å². The fraction of sp³-hybridized carbons (Fsp3) is 0.455. The second-order valence-corrected chi connectivity index (χ2v) is 5.06. The number of aryl methyl sites for hydroxylation is 1. The second kappa shape index (κ2) is 6.83. The molecule has 0 aliphatic rings. The van der Waals surface area contributed by atoms with Crippen molar-refractivity contribution in [1.29, 1.82) is 0 Å². The molecule has 8 heteroatoms. The molecule has 3 N–H and O–H groups in total. The molecule has 7 nitrogen and oxygen atoms in total. The van der Waals surface area contributed by atoms with Crippen molar-refractivity contribution >= 4 is 34.4 Å². The SMILES string of the molecule is Cc1csc(NC(=O)NC(=O)CC(C)CC(=O)O)n1. The maximum Gasteiger partial charge on any atom is 0.327 e. The smallest absolute Gasteiger partial charge is 0.327 e. The Hall–Kier alpha value is -1.96. The summed E-state index contributed by atoms with van der Waals surface area (Å²) >= 11 is 1.26. The highest BCUT2D eigenvalue weighted by Crippen LogP contribution is 2.14. The highest BCUT2D eigenvalue weighted by molar-refractivity contribution is 7.13. The van der Waals surface area contributed by atoms with Crippen LogP contribution in [0.5, 0.6) is 0 Å². The number of hydrogen-bond donors (Lipinski definition) is 3. The van der Waals surface area contributed by atoms with Crippen LogP contribution in [0.4, 0.5) is 9.93 Å². The quantitative estimate of drug-likeness (QED) is 0.761. The molecule has 1 rings (SSSR count). The fourth-order valence-electron chi connectivity index (χ4n) is 1.40. The van der Waals surface area contributed by atoms with Gasteiger partial charge in [-0.3, -0.25) is 20.2 Å². The number of rotatable bonds is 5. The van der Waals surface area contributed by atoms with Crippen LogP contribution in [0.1, 0.15) is 25.5 Å². The number of thiazole rings is 1. The average Bonchev–Trinajstić information content (AvgIpc) is 2.61. The third kappa shape index (κ3) is 5.96. The number of urea groups is 1. The molecular formula is C11H15N3O4S. The fourth-order valence-corrected chi connectivity index (χ4v) is 2.09. The number of carboxylic acids is 1. The molecule has 0 radical (unpaired) electrons. The van der Waals surface area contributed by atoms with Crippen molar-refractivity contribution in [3.8, 4) is 0 Å². The Balaban J connectivity index is 2.35. The van der Waals surface area contributed by atoms with Gasteiger partial charge in [0.2, 0.25) is 5.91 Å². The van der Waals surface area contributed by atoms with Crippen LogP contribution in [-0.2, 0) is 9.59 Å². The first-order valence-corrected chi connectivity index (χ1v) is 6.49. The molecule has 1 heterocycles. The number of nitrogens with one attached hydrogen (secondary N) is 2. The van der Waals surface area contributed by atoms with Gasteiger partial charge in [0.05, 0.1) is 5.69 Å². The van der Waals surface area contributed by atoms with Crippen LogP contribution in [-0.4, -0.2) is 28.0 Å². The molecule has 1 aromatic rings. The molecule has 0 spiro atoms. The summed E-state index contributed by atoms with van der Waals surface area (Å²) in [6, 6.07) is -0.665. The first kappa shape index (κ1) is 15.1. The minimum Gasteiger partial charge on any atom is -0.481 e. The molecular weight excluding hydrogens is 270 g/mol. The lowest BCUT2D eigenvalue weighted by molar-refractivity contribution is -0.138. The third-order valence-corrected chi connectivity index (χ3v) is 3.02. The molecule has 0 saturated carbocycles. The Kier molecular flexibility index (Phi) is 5.43. The summed E-state index contributed by atoms with van der Waals surface area (Å²) in [5.41, 5.74) is 0.779. The number of carbonyl (C=O) groups excluding carboxylic acids is 2. The van der Waals surface area contributed by atoms with E-state index >= 15 is 0 Å². The van der Waals surface area contributed by atoms with Gasteiger partial charge >= 0.3 is 12.0 Å². The standard InChI is InChI=1S/C11H15N3O4S/c1-6(4-9(16)17)3-8(15)13-10(18)14-11-12-7(2)5-19-11/h5-6H,3-4H2,1-2H3,(H,16,17)(H2,12,13,14,15,18). The molecule has 1 unspecified atom stereocenters. The first-order chi connectivity index (χ1) is 8.86. The Bertz CT molecular complexity index is 486. The Morgan fingerprint density at radius 1 is 1.42 bits per heavy atom. The van der Waals surface area contributed by atoms with Crippen molar-refractivity contribution in [2.75, 3.05) is 5.32 Å². The monoisotopic (exact) mass is 285 g/mol. The minimum absolute atomic E-state index is 0.0172. The highest BCUT2D eigenvalue weighted by atomic mass is 32.1. The summed E-state index contributed by atoms with van der Waals surface area (Å²) in [7, 11) is 0. The van der Waals surface area contributed by atoms with Crippen LogP contribution in [0.3, 0.4) is 0 Å². The first-order valence-electron chi connectivity index (χ1n) is 5.61. The van der Waals surface area contributed by atoms with Crippen molar-refractivity contribution < 1.29 is 19.5 Å². The zero-order chi connectivity index (χ0) is 14.4. The summed E-state index contributed by atoms with van der Waals surface area (Å²) in [6.45, 7) is 3.42. The number of amides is 3. The lowest BCUT2D eigenvalue weighted by Gasteiger charge is -2.08. The molecule has 0 aliphatic heterocycles. The summed E-state index contributed by atoms with van der Waals surface area (Å²) in [4.78, 5) is 37.4. The number of anilines is 1. The molecule has 0 aliphatic carbocycles. The molecule has 1 aromatic heterocycles. The van der Waals surface area contributed by atoms with Crippen LogP contribution in [0.25, 0.3) is 0 Å². The largest absolute Gasteiger partial charge is 0.481 e. The van der Waals surface area contributed by atoms with E-state index in [1.165, 1.54) is 11.3 Å². The van der Waals surface area contributed by atoms with E-state index in [4.69, 9.17) is 5.11 Å². The van der Waals surface area contributed by atoms with Crippen molar-refractivity contribution in [2.24, 2.45) is 5.92 Å². The number of nitrogens with zero attached hydrogens (tertiary/aromatic N) is 1. The molecule has 3 amide bonds. The van der Waals surface area contributed by atoms with Gasteiger partial charge in [-0.05, 0) is 12.8 Å². The summed E-state index contributed by atoms with van der Waals surface area (Å²) in [6.07, 6.45) is -0.128. The number of aliphatic carboxylic acids is 1. The van der Waals surface area contributed by atoms with Gasteiger partial charge in [0, 0.05) is 18.2 Å². The van der Waals surface area contributed by atoms with Crippen LogP contribution in [0.15, 0.2) is 5.38 Å². The maximum absolute atomic E-state index is 11.5. The van der Waals surface area contributed by atoms with Crippen molar-refractivity contribution in [3.63, 3.8) is 0 Å². The topological polar surface area (TPSA) is 108 Å². The summed E-state index contributed by atoms with van der Waals surface area (Å²) < 4.78 is 0. The predicted octanol–water partition coefficient (Wildman–Crippen LogP) is 1.60. The van der Waals surface area contributed by atoms with E-state index in [-0.39, 0.29) is 18.8 Å². The minimum atomic E-state index is -0.969. The van der Waals surface area contributed by atoms with Gasteiger partial charge in [-0.25, -0.2) is 9.78 Å². The Morgan fingerprint density at radius 2 is 2.11 bits per heavy atom. The average molecular weight is 285 g/mol. The number of carboxylic acid groups (broad SMARTS) is 1. The second-order valence-electron chi connectivity index (χ2n) is 4.20. The lowest BCUT2D eigenvalue weighted by Crippen LogP contribution is -2.35. The molecule has 0 saturated heterocycles. The highest BCUT2D eigenvalue weighted by Gasteiger charge is 2.15. The molecule has 0 aromatic carbocycles. The maximum atomic E-state index is 11.5. The van der Waals surface area contributed by atoms with Gasteiger partial charge in [0.25, 0.3) is 0 Å². The van der Waals surface area contributed by atoms with Crippen LogP contribution >= 0.6 is 11.3 Å². The molecule has 0 bridgehead atoms. The number of hydrogen-bond acceptors (Lipinski definition) is 5. The van der Waals surface area contributed by atoms with E-state index in [2.05, 4.69) is 15.6 Å². The molecule has 0 fully saturated rings. The van der Waals surface area contributed by atoms with Gasteiger partial charge in [-0.2, -0.15) is 0 Å². The zero-order valence-corrected chi connectivity index (χ0v) is 11.4. The van der Waals surface area contributed by atoms with Crippen LogP contribution < -0.4 is 10.6 Å². The predicted molar refractivity (Wildman–Crippen MR) is 70.0 cm³/mol. The van der Waals surface area contributed by atoms with E-state index in [0.29, 0.717) is 5.13 Å². The van der Waals surface area contributed by atoms with Gasteiger partial charge in [0.15, 0.2) is 5.13 Å². The Morgan fingerprint density at radius 3 is 2.63 bits per heavy atom. The zero-order valence-electron chi connectivity index (χ0n) is 10.6. The molecule has 104 valence electrons. The van der Waals surface area contributed by atoms with Gasteiger partial charge in [-0.1, -0.05) is 6.92 Å². The lowest BCUT2D eigenvalue weighted by atomic mass is 10.0. The normalized spacial score (nSPS) is 11.7. The van der Waals surface area contributed by atoms with E-state index in [9.17, 15) is 14.4 Å². The number of aromatic nitrogens is 1. The van der Waals surface area contributed by atoms with Crippen LogP contribution in [0, 0.1) is 12.8 Å². The summed E-state index contributed by atoms with van der Waals surface area (Å²) in [5.74, 6) is -1.81. The van der Waals surface area contributed by atoms with Crippen molar-refractivity contribution in [1.82, 2.24) is 10.3 Å². The van der Waals surface area contributed by atoms with Crippen molar-refractivity contribution in [2.45, 2.75) is 26.7 Å². The summed E-state index contributed by atoms with van der Waals surface area (Å²) in [5, 5.41) is 15.3. The van der Waals surface area contributed by atoms with Crippen LogP contribution in [0.2, 0.25) is 0 Å². The number of carbonyl (C=O) groups is 3. The molecule has 1 atom stereocenters. The molecule has 19 heavy (non-hydrogen) atoms. The van der Waals surface area contributed by atoms with E-state index < -0.39 is 17.9 Å². The van der Waals surface area contributed by atoms with E-state index in [1.807, 2.05) is 0 Å².